The number of carboxylic acids is 1. The number of hydrogen-bond acceptors (Lipinski definition) is 2. The summed E-state index contributed by atoms with van der Waals surface area (Å²) in [7, 11) is 0. The topological polar surface area (TPSA) is 66.4 Å². The summed E-state index contributed by atoms with van der Waals surface area (Å²) in [4.78, 5) is 21.7. The van der Waals surface area contributed by atoms with Gasteiger partial charge in [0.25, 0.3) is 0 Å². The van der Waals surface area contributed by atoms with Crippen LogP contribution in [0.2, 0.25) is 0 Å². The Morgan fingerprint density at radius 3 is 2.38 bits per heavy atom. The van der Waals surface area contributed by atoms with Crippen molar-refractivity contribution in [1.82, 2.24) is 5.32 Å². The molecule has 1 atom stereocenters. The molecule has 0 spiro atoms. The highest BCUT2D eigenvalue weighted by molar-refractivity contribution is 5.83. The third kappa shape index (κ3) is 5.22. The van der Waals surface area contributed by atoms with Crippen molar-refractivity contribution in [2.75, 3.05) is 6.54 Å². The number of carbonyl (C=O) groups excluding carboxylic acids is 1. The molecule has 0 aromatic heterocycles. The van der Waals surface area contributed by atoms with Crippen LogP contribution in [0.15, 0.2) is 0 Å². The average Bonchev–Trinajstić information content (AvgIpc) is 2.03. The minimum atomic E-state index is -0.912. The summed E-state index contributed by atoms with van der Waals surface area (Å²) in [6.07, 6.45) is 1.40. The molecule has 0 aromatic rings. The maximum Gasteiger partial charge on any atom is 0.304 e. The first-order valence-electron chi connectivity index (χ1n) is 4.61. The second-order valence-electron chi connectivity index (χ2n) is 2.98. The number of nitrogens with one attached hydrogen (secondary N) is 1. The van der Waals surface area contributed by atoms with Gasteiger partial charge in [0.15, 0.2) is 0 Å². The Bertz CT molecular complexity index is 180. The normalized spacial score (nSPS) is 12.2. The van der Waals surface area contributed by atoms with E-state index < -0.39 is 5.97 Å². The van der Waals surface area contributed by atoms with Crippen LogP contribution < -0.4 is 5.32 Å². The first kappa shape index (κ1) is 11.9. The zero-order valence-electron chi connectivity index (χ0n) is 8.17. The molecule has 4 nitrogen and oxygen atoms in total. The molecule has 0 saturated carbocycles. The Balaban J connectivity index is 4.06. The SMILES string of the molecule is CCCC(CC(=O)O)C(=O)NCC. The van der Waals surface area contributed by atoms with Gasteiger partial charge in [0, 0.05) is 12.5 Å². The molecule has 1 unspecified atom stereocenters. The number of carbonyl (C=O) groups is 2. The summed E-state index contributed by atoms with van der Waals surface area (Å²) in [6, 6.07) is 0. The van der Waals surface area contributed by atoms with Gasteiger partial charge in [-0.1, -0.05) is 13.3 Å². The van der Waals surface area contributed by atoms with E-state index in [1.165, 1.54) is 0 Å². The molecule has 76 valence electrons. The van der Waals surface area contributed by atoms with Crippen LogP contribution in [0.4, 0.5) is 0 Å². The Kier molecular flexibility index (Phi) is 5.93. The Morgan fingerprint density at radius 1 is 1.38 bits per heavy atom. The zero-order chi connectivity index (χ0) is 10.3. The second-order valence-corrected chi connectivity index (χ2v) is 2.98. The van der Waals surface area contributed by atoms with Crippen molar-refractivity contribution in [3.8, 4) is 0 Å². The predicted molar refractivity (Wildman–Crippen MR) is 49.3 cm³/mol. The number of hydrogen-bond donors (Lipinski definition) is 2. The molecule has 0 aromatic carbocycles. The van der Waals surface area contributed by atoms with Crippen LogP contribution in [0, 0.1) is 5.92 Å². The quantitative estimate of drug-likeness (QED) is 0.652. The molecule has 0 aliphatic heterocycles. The summed E-state index contributed by atoms with van der Waals surface area (Å²) in [5.41, 5.74) is 0. The molecule has 0 heterocycles. The lowest BCUT2D eigenvalue weighted by molar-refractivity contribution is -0.141. The fourth-order valence-corrected chi connectivity index (χ4v) is 1.20. The first-order chi connectivity index (χ1) is 6.11. The summed E-state index contributed by atoms with van der Waals surface area (Å²) < 4.78 is 0. The molecule has 0 radical (unpaired) electrons. The molecular weight excluding hydrogens is 170 g/mol. The van der Waals surface area contributed by atoms with E-state index in [0.29, 0.717) is 13.0 Å². The van der Waals surface area contributed by atoms with Gasteiger partial charge >= 0.3 is 5.97 Å². The highest BCUT2D eigenvalue weighted by Crippen LogP contribution is 2.11. The van der Waals surface area contributed by atoms with Gasteiger partial charge in [-0.3, -0.25) is 9.59 Å². The van der Waals surface area contributed by atoms with Crippen molar-refractivity contribution >= 4 is 11.9 Å². The number of rotatable bonds is 6. The average molecular weight is 187 g/mol. The van der Waals surface area contributed by atoms with Crippen molar-refractivity contribution in [3.05, 3.63) is 0 Å². The van der Waals surface area contributed by atoms with Gasteiger partial charge in [-0.25, -0.2) is 0 Å². The molecule has 0 aliphatic carbocycles. The number of carboxylic acid groups (broad SMARTS) is 1. The van der Waals surface area contributed by atoms with Crippen molar-refractivity contribution in [2.24, 2.45) is 5.92 Å². The molecule has 0 saturated heterocycles. The van der Waals surface area contributed by atoms with E-state index in [-0.39, 0.29) is 18.2 Å². The molecule has 4 heteroatoms. The van der Waals surface area contributed by atoms with Crippen LogP contribution in [0.3, 0.4) is 0 Å². The molecule has 13 heavy (non-hydrogen) atoms. The van der Waals surface area contributed by atoms with Crippen molar-refractivity contribution in [1.29, 1.82) is 0 Å². The van der Waals surface area contributed by atoms with Crippen LogP contribution >= 0.6 is 0 Å². The lowest BCUT2D eigenvalue weighted by Crippen LogP contribution is -2.31. The monoisotopic (exact) mass is 187 g/mol. The first-order valence-corrected chi connectivity index (χ1v) is 4.61. The van der Waals surface area contributed by atoms with Crippen LogP contribution in [0.5, 0.6) is 0 Å². The van der Waals surface area contributed by atoms with Crippen molar-refractivity contribution in [2.45, 2.75) is 33.1 Å². The van der Waals surface area contributed by atoms with E-state index in [9.17, 15) is 9.59 Å². The molecule has 2 N–H and O–H groups in total. The zero-order valence-corrected chi connectivity index (χ0v) is 8.17. The summed E-state index contributed by atoms with van der Waals surface area (Å²) in [6.45, 7) is 4.31. The molecule has 0 aliphatic rings. The molecular formula is C9H17NO3. The highest BCUT2D eigenvalue weighted by Gasteiger charge is 2.19. The minimum Gasteiger partial charge on any atom is -0.481 e. The van der Waals surface area contributed by atoms with E-state index in [0.717, 1.165) is 6.42 Å². The van der Waals surface area contributed by atoms with Crippen LogP contribution in [0.25, 0.3) is 0 Å². The molecule has 0 rings (SSSR count). The lowest BCUT2D eigenvalue weighted by Gasteiger charge is -2.12. The maximum absolute atomic E-state index is 11.3. The Morgan fingerprint density at radius 2 is 2.00 bits per heavy atom. The third-order valence-corrected chi connectivity index (χ3v) is 1.78. The number of amides is 1. The number of aliphatic carboxylic acids is 1. The van der Waals surface area contributed by atoms with Crippen LogP contribution in [0.1, 0.15) is 33.1 Å². The lowest BCUT2D eigenvalue weighted by atomic mass is 9.99. The van der Waals surface area contributed by atoms with Gasteiger partial charge in [-0.2, -0.15) is 0 Å². The Hall–Kier alpha value is -1.06. The third-order valence-electron chi connectivity index (χ3n) is 1.78. The van der Waals surface area contributed by atoms with Crippen molar-refractivity contribution in [3.63, 3.8) is 0 Å². The van der Waals surface area contributed by atoms with Gasteiger partial charge in [0.05, 0.1) is 6.42 Å². The van der Waals surface area contributed by atoms with E-state index in [1.807, 2.05) is 13.8 Å². The maximum atomic E-state index is 11.3. The van der Waals surface area contributed by atoms with Gasteiger partial charge in [-0.05, 0) is 13.3 Å². The van der Waals surface area contributed by atoms with Gasteiger partial charge in [0.1, 0.15) is 0 Å². The predicted octanol–water partition coefficient (Wildman–Crippen LogP) is 1.01. The summed E-state index contributed by atoms with van der Waals surface area (Å²) >= 11 is 0. The molecule has 1 amide bonds. The van der Waals surface area contributed by atoms with Crippen LogP contribution in [-0.4, -0.2) is 23.5 Å². The molecule has 0 fully saturated rings. The van der Waals surface area contributed by atoms with E-state index in [2.05, 4.69) is 5.32 Å². The van der Waals surface area contributed by atoms with E-state index in [1.54, 1.807) is 0 Å². The van der Waals surface area contributed by atoms with E-state index >= 15 is 0 Å². The summed E-state index contributed by atoms with van der Waals surface area (Å²) in [5.74, 6) is -1.43. The fourth-order valence-electron chi connectivity index (χ4n) is 1.20. The summed E-state index contributed by atoms with van der Waals surface area (Å²) in [5, 5.41) is 11.2. The Labute approximate surface area is 78.3 Å². The standard InChI is InChI=1S/C9H17NO3/c1-3-5-7(6-8(11)12)9(13)10-4-2/h7H,3-6H2,1-2H3,(H,10,13)(H,11,12). The van der Waals surface area contributed by atoms with Gasteiger partial charge < -0.3 is 10.4 Å². The fraction of sp³-hybridized carbons (Fsp3) is 0.778. The van der Waals surface area contributed by atoms with Crippen molar-refractivity contribution < 1.29 is 14.7 Å². The largest absolute Gasteiger partial charge is 0.481 e. The minimum absolute atomic E-state index is 0.0698. The van der Waals surface area contributed by atoms with Gasteiger partial charge in [-0.15, -0.1) is 0 Å². The second kappa shape index (κ2) is 6.46. The van der Waals surface area contributed by atoms with E-state index in [4.69, 9.17) is 5.11 Å². The van der Waals surface area contributed by atoms with Crippen LogP contribution in [-0.2, 0) is 9.59 Å². The molecule has 0 bridgehead atoms. The smallest absolute Gasteiger partial charge is 0.304 e. The highest BCUT2D eigenvalue weighted by atomic mass is 16.4. The van der Waals surface area contributed by atoms with Gasteiger partial charge in [0.2, 0.25) is 5.91 Å².